The molecule has 9 nitrogen and oxygen atoms in total. The summed E-state index contributed by atoms with van der Waals surface area (Å²) in [6, 6.07) is 11.4. The van der Waals surface area contributed by atoms with Crippen molar-refractivity contribution in [2.24, 2.45) is 0 Å². The molecule has 28 heavy (non-hydrogen) atoms. The van der Waals surface area contributed by atoms with Gasteiger partial charge in [-0.3, -0.25) is 10.1 Å². The highest BCUT2D eigenvalue weighted by atomic mass is 32.1. The van der Waals surface area contributed by atoms with E-state index in [0.717, 1.165) is 11.5 Å². The third-order valence-electron chi connectivity index (χ3n) is 3.61. The van der Waals surface area contributed by atoms with Gasteiger partial charge in [-0.15, -0.1) is 0 Å². The van der Waals surface area contributed by atoms with Crippen LogP contribution in [0.25, 0.3) is 0 Å². The van der Waals surface area contributed by atoms with Crippen molar-refractivity contribution in [2.75, 3.05) is 16.0 Å². The van der Waals surface area contributed by atoms with Gasteiger partial charge < -0.3 is 15.7 Å². The third kappa shape index (κ3) is 4.40. The maximum Gasteiger partial charge on any atom is 0.409 e. The molecule has 3 rings (SSSR count). The SMILES string of the molecule is Cc1nsc(Nc2cc(C#N)ccn2)c1C(=O)Nc1ccc(NC(=O)O)cc1. The van der Waals surface area contributed by atoms with Crippen LogP contribution in [0.1, 0.15) is 21.6 Å². The van der Waals surface area contributed by atoms with Crippen LogP contribution in [0.5, 0.6) is 0 Å². The second kappa shape index (κ2) is 8.15. The molecule has 0 aliphatic carbocycles. The molecule has 4 N–H and O–H groups in total. The molecule has 0 aliphatic heterocycles. The van der Waals surface area contributed by atoms with Crippen LogP contribution >= 0.6 is 11.5 Å². The lowest BCUT2D eigenvalue weighted by Crippen LogP contribution is -2.14. The molecule has 0 atom stereocenters. The van der Waals surface area contributed by atoms with Gasteiger partial charge in [-0.2, -0.15) is 9.64 Å². The second-order valence-electron chi connectivity index (χ2n) is 5.60. The van der Waals surface area contributed by atoms with Crippen molar-refractivity contribution in [3.8, 4) is 6.07 Å². The lowest BCUT2D eigenvalue weighted by Gasteiger charge is -2.09. The van der Waals surface area contributed by atoms with Crippen LogP contribution in [0, 0.1) is 18.3 Å². The van der Waals surface area contributed by atoms with E-state index >= 15 is 0 Å². The predicted molar refractivity (Wildman–Crippen MR) is 105 cm³/mol. The summed E-state index contributed by atoms with van der Waals surface area (Å²) in [7, 11) is 0. The number of carbonyl (C=O) groups excluding carboxylic acids is 1. The Balaban J connectivity index is 1.78. The molecule has 2 aromatic heterocycles. The molecule has 2 heterocycles. The second-order valence-corrected chi connectivity index (χ2v) is 6.37. The number of nitriles is 1. The quantitative estimate of drug-likeness (QED) is 0.516. The minimum Gasteiger partial charge on any atom is -0.465 e. The summed E-state index contributed by atoms with van der Waals surface area (Å²) in [5, 5.41) is 26.2. The zero-order chi connectivity index (χ0) is 20.1. The summed E-state index contributed by atoms with van der Waals surface area (Å²) in [6.45, 7) is 1.72. The van der Waals surface area contributed by atoms with Crippen molar-refractivity contribution >= 4 is 45.7 Å². The summed E-state index contributed by atoms with van der Waals surface area (Å²) in [6.07, 6.45) is 0.336. The Labute approximate surface area is 163 Å². The molecule has 1 aromatic carbocycles. The van der Waals surface area contributed by atoms with Crippen LogP contribution in [0.2, 0.25) is 0 Å². The number of aromatic nitrogens is 2. The number of hydrogen-bond donors (Lipinski definition) is 4. The Kier molecular flexibility index (Phi) is 5.48. The largest absolute Gasteiger partial charge is 0.465 e. The standard InChI is InChI=1S/C18H14N6O3S/c1-10-15(16(25)21-12-2-4-13(5-3-12)22-18(26)27)17(28-24-10)23-14-8-11(9-19)6-7-20-14/h2-8,22H,1H3,(H,20,23)(H,21,25)(H,26,27). The number of benzene rings is 1. The first-order chi connectivity index (χ1) is 13.5. The van der Waals surface area contributed by atoms with Gasteiger partial charge in [-0.1, -0.05) is 0 Å². The molecule has 140 valence electrons. The van der Waals surface area contributed by atoms with Crippen LogP contribution in [0.15, 0.2) is 42.6 Å². The van der Waals surface area contributed by atoms with E-state index in [-0.39, 0.29) is 5.91 Å². The number of amides is 2. The fourth-order valence-corrected chi connectivity index (χ4v) is 3.16. The number of pyridine rings is 1. The lowest BCUT2D eigenvalue weighted by molar-refractivity contribution is 0.102. The van der Waals surface area contributed by atoms with Gasteiger partial charge >= 0.3 is 6.09 Å². The monoisotopic (exact) mass is 394 g/mol. The van der Waals surface area contributed by atoms with Crippen LogP contribution < -0.4 is 16.0 Å². The van der Waals surface area contributed by atoms with E-state index in [9.17, 15) is 9.59 Å². The normalized spacial score (nSPS) is 10.0. The van der Waals surface area contributed by atoms with Gasteiger partial charge in [0.2, 0.25) is 0 Å². The van der Waals surface area contributed by atoms with E-state index in [1.807, 2.05) is 6.07 Å². The molecule has 2 amide bonds. The summed E-state index contributed by atoms with van der Waals surface area (Å²) >= 11 is 1.11. The molecule has 0 radical (unpaired) electrons. The summed E-state index contributed by atoms with van der Waals surface area (Å²) < 4.78 is 4.22. The Morgan fingerprint density at radius 2 is 1.82 bits per heavy atom. The topological polar surface area (TPSA) is 140 Å². The van der Waals surface area contributed by atoms with Crippen molar-refractivity contribution in [1.82, 2.24) is 9.36 Å². The van der Waals surface area contributed by atoms with Crippen LogP contribution in [0.4, 0.5) is 27.0 Å². The van der Waals surface area contributed by atoms with Crippen LogP contribution in [-0.2, 0) is 0 Å². The predicted octanol–water partition coefficient (Wildman–Crippen LogP) is 3.80. The zero-order valence-corrected chi connectivity index (χ0v) is 15.4. The van der Waals surface area contributed by atoms with E-state index in [1.165, 1.54) is 6.20 Å². The minimum atomic E-state index is -1.17. The molecule has 0 spiro atoms. The minimum absolute atomic E-state index is 0.363. The first kappa shape index (κ1) is 18.8. The first-order valence-corrected chi connectivity index (χ1v) is 8.74. The third-order valence-corrected chi connectivity index (χ3v) is 4.47. The van der Waals surface area contributed by atoms with E-state index in [4.69, 9.17) is 10.4 Å². The fraction of sp³-hybridized carbons (Fsp3) is 0.0556. The van der Waals surface area contributed by atoms with E-state index < -0.39 is 6.09 Å². The fourth-order valence-electron chi connectivity index (χ4n) is 2.36. The molecule has 0 bridgehead atoms. The van der Waals surface area contributed by atoms with Gasteiger partial charge in [0, 0.05) is 17.6 Å². The van der Waals surface area contributed by atoms with Crippen LogP contribution in [0.3, 0.4) is 0 Å². The van der Waals surface area contributed by atoms with Crippen molar-refractivity contribution in [3.63, 3.8) is 0 Å². The molecule has 10 heteroatoms. The summed E-state index contributed by atoms with van der Waals surface area (Å²) in [4.78, 5) is 27.5. The molecule has 0 saturated heterocycles. The molecular formula is C18H14N6O3S. The highest BCUT2D eigenvalue weighted by Gasteiger charge is 2.19. The number of carbonyl (C=O) groups is 2. The van der Waals surface area contributed by atoms with Crippen molar-refractivity contribution < 1.29 is 14.7 Å². The Bertz CT molecular complexity index is 1070. The van der Waals surface area contributed by atoms with Gasteiger partial charge in [0.05, 0.1) is 22.9 Å². The molecular weight excluding hydrogens is 380 g/mol. The van der Waals surface area contributed by atoms with Crippen molar-refractivity contribution in [1.29, 1.82) is 5.26 Å². The average molecular weight is 394 g/mol. The molecule has 0 saturated carbocycles. The number of carboxylic acid groups (broad SMARTS) is 1. The summed E-state index contributed by atoms with van der Waals surface area (Å²) in [5.41, 5.74) is 2.25. The maximum atomic E-state index is 12.7. The number of anilines is 4. The smallest absolute Gasteiger partial charge is 0.409 e. The average Bonchev–Trinajstić information content (AvgIpc) is 3.03. The first-order valence-electron chi connectivity index (χ1n) is 7.97. The number of nitrogens with zero attached hydrogens (tertiary/aromatic N) is 3. The molecule has 3 aromatic rings. The lowest BCUT2D eigenvalue weighted by atomic mass is 10.2. The molecule has 0 aliphatic rings. The highest BCUT2D eigenvalue weighted by Crippen LogP contribution is 2.28. The van der Waals surface area contributed by atoms with Gasteiger partial charge in [-0.05, 0) is 54.9 Å². The number of nitrogens with one attached hydrogen (secondary N) is 3. The number of rotatable bonds is 5. The van der Waals surface area contributed by atoms with E-state index in [2.05, 4.69) is 25.3 Å². The van der Waals surface area contributed by atoms with Gasteiger partial charge in [0.1, 0.15) is 10.8 Å². The van der Waals surface area contributed by atoms with Crippen molar-refractivity contribution in [3.05, 3.63) is 59.4 Å². The molecule has 0 fully saturated rings. The number of aryl methyl sites for hydroxylation is 1. The van der Waals surface area contributed by atoms with E-state index in [1.54, 1.807) is 43.3 Å². The number of hydrogen-bond acceptors (Lipinski definition) is 7. The summed E-state index contributed by atoms with van der Waals surface area (Å²) in [5.74, 6) is 0.0602. The Hall–Kier alpha value is -3.97. The van der Waals surface area contributed by atoms with Gasteiger partial charge in [0.15, 0.2) is 0 Å². The molecule has 0 unspecified atom stereocenters. The van der Waals surface area contributed by atoms with Crippen LogP contribution in [-0.4, -0.2) is 26.5 Å². The van der Waals surface area contributed by atoms with Gasteiger partial charge in [-0.25, -0.2) is 9.78 Å². The van der Waals surface area contributed by atoms with Gasteiger partial charge in [0.25, 0.3) is 5.91 Å². The zero-order valence-electron chi connectivity index (χ0n) is 14.6. The highest BCUT2D eigenvalue weighted by molar-refractivity contribution is 7.10. The Morgan fingerprint density at radius 1 is 1.14 bits per heavy atom. The maximum absolute atomic E-state index is 12.7. The van der Waals surface area contributed by atoms with E-state index in [0.29, 0.717) is 39.0 Å². The Morgan fingerprint density at radius 3 is 2.46 bits per heavy atom. The van der Waals surface area contributed by atoms with Crippen molar-refractivity contribution in [2.45, 2.75) is 6.92 Å².